The standard InChI is InChI=1S/C15H24BBrO2Si/c1-14(2)15(3,4)19-16(18-14)12-10-11(17)8-9-13(12)20(5,6)7/h8-10H,1-7H3. The lowest BCUT2D eigenvalue weighted by Crippen LogP contribution is -2.54. The van der Waals surface area contributed by atoms with Gasteiger partial charge in [0, 0.05) is 4.47 Å². The van der Waals surface area contributed by atoms with Crippen LogP contribution in [0.2, 0.25) is 19.6 Å². The van der Waals surface area contributed by atoms with Gasteiger partial charge in [0.2, 0.25) is 0 Å². The second kappa shape index (κ2) is 4.97. The van der Waals surface area contributed by atoms with E-state index in [2.05, 4.69) is 81.5 Å². The summed E-state index contributed by atoms with van der Waals surface area (Å²) in [4.78, 5) is 0. The lowest BCUT2D eigenvalue weighted by Gasteiger charge is -2.32. The topological polar surface area (TPSA) is 18.5 Å². The molecule has 5 heteroatoms. The zero-order valence-electron chi connectivity index (χ0n) is 13.5. The largest absolute Gasteiger partial charge is 0.494 e. The summed E-state index contributed by atoms with van der Waals surface area (Å²) in [6.45, 7) is 15.4. The lowest BCUT2D eigenvalue weighted by atomic mass is 9.79. The minimum Gasteiger partial charge on any atom is -0.399 e. The van der Waals surface area contributed by atoms with E-state index in [1.165, 1.54) is 10.6 Å². The second-order valence-electron chi connectivity index (χ2n) is 7.57. The smallest absolute Gasteiger partial charge is 0.399 e. The molecule has 1 fully saturated rings. The number of rotatable bonds is 2. The fourth-order valence-electron chi connectivity index (χ4n) is 2.38. The highest BCUT2D eigenvalue weighted by Crippen LogP contribution is 2.36. The van der Waals surface area contributed by atoms with Gasteiger partial charge in [-0.15, -0.1) is 0 Å². The van der Waals surface area contributed by atoms with Crippen molar-refractivity contribution in [2.75, 3.05) is 0 Å². The first-order valence-electron chi connectivity index (χ1n) is 7.10. The van der Waals surface area contributed by atoms with Crippen molar-refractivity contribution < 1.29 is 9.31 Å². The molecular formula is C15H24BBrO2Si. The van der Waals surface area contributed by atoms with Gasteiger partial charge in [-0.1, -0.05) is 46.8 Å². The molecule has 0 unspecified atom stereocenters. The summed E-state index contributed by atoms with van der Waals surface area (Å²) in [6, 6.07) is 6.48. The SMILES string of the molecule is CC1(C)OB(c2cc(Br)ccc2[Si](C)(C)C)OC1(C)C. The van der Waals surface area contributed by atoms with Crippen molar-refractivity contribution in [1.29, 1.82) is 0 Å². The fraction of sp³-hybridized carbons (Fsp3) is 0.600. The zero-order valence-corrected chi connectivity index (χ0v) is 16.1. The Morgan fingerprint density at radius 1 is 1.00 bits per heavy atom. The molecule has 1 aliphatic rings. The predicted molar refractivity (Wildman–Crippen MR) is 92.8 cm³/mol. The Morgan fingerprint density at radius 2 is 1.50 bits per heavy atom. The summed E-state index contributed by atoms with van der Waals surface area (Å²) in [7, 11) is -1.72. The van der Waals surface area contributed by atoms with Crippen molar-refractivity contribution in [3.8, 4) is 0 Å². The molecule has 110 valence electrons. The van der Waals surface area contributed by atoms with Crippen molar-refractivity contribution in [3.05, 3.63) is 22.7 Å². The van der Waals surface area contributed by atoms with Crippen LogP contribution < -0.4 is 10.6 Å². The third-order valence-corrected chi connectivity index (χ3v) is 6.89. The molecule has 1 aliphatic heterocycles. The molecule has 0 aromatic heterocycles. The van der Waals surface area contributed by atoms with Crippen LogP contribution in [0, 0.1) is 0 Å². The monoisotopic (exact) mass is 354 g/mol. The predicted octanol–water partition coefficient (Wildman–Crippen LogP) is 3.29. The van der Waals surface area contributed by atoms with E-state index in [0.29, 0.717) is 0 Å². The Kier molecular flexibility index (Phi) is 4.05. The van der Waals surface area contributed by atoms with E-state index in [0.717, 1.165) is 4.47 Å². The van der Waals surface area contributed by atoms with Crippen molar-refractivity contribution in [1.82, 2.24) is 0 Å². The van der Waals surface area contributed by atoms with Crippen LogP contribution in [0.4, 0.5) is 0 Å². The van der Waals surface area contributed by atoms with Crippen LogP contribution in [0.25, 0.3) is 0 Å². The Hall–Kier alpha value is -0.0982. The summed E-state index contributed by atoms with van der Waals surface area (Å²) in [5, 5.41) is 1.40. The first-order valence-corrected chi connectivity index (χ1v) is 11.4. The molecule has 1 aromatic carbocycles. The maximum atomic E-state index is 6.22. The molecule has 1 heterocycles. The number of halogens is 1. The van der Waals surface area contributed by atoms with Gasteiger partial charge in [0.25, 0.3) is 0 Å². The van der Waals surface area contributed by atoms with Crippen molar-refractivity contribution >= 4 is 41.8 Å². The van der Waals surface area contributed by atoms with Gasteiger partial charge in [-0.05, 0) is 45.3 Å². The van der Waals surface area contributed by atoms with E-state index >= 15 is 0 Å². The van der Waals surface area contributed by atoms with Crippen molar-refractivity contribution in [2.45, 2.75) is 58.5 Å². The highest BCUT2D eigenvalue weighted by Gasteiger charge is 2.52. The maximum Gasteiger partial charge on any atom is 0.494 e. The van der Waals surface area contributed by atoms with Crippen LogP contribution in [0.15, 0.2) is 22.7 Å². The van der Waals surface area contributed by atoms with Crippen LogP contribution in [0.5, 0.6) is 0 Å². The van der Waals surface area contributed by atoms with Gasteiger partial charge in [-0.2, -0.15) is 0 Å². The maximum absolute atomic E-state index is 6.22. The molecule has 1 aromatic rings. The first kappa shape index (κ1) is 16.3. The van der Waals surface area contributed by atoms with Gasteiger partial charge in [0.1, 0.15) is 0 Å². The Morgan fingerprint density at radius 3 is 1.95 bits per heavy atom. The Labute approximate surface area is 132 Å². The molecule has 2 nitrogen and oxygen atoms in total. The van der Waals surface area contributed by atoms with Crippen LogP contribution in [-0.4, -0.2) is 26.4 Å². The van der Waals surface area contributed by atoms with Gasteiger partial charge in [0.15, 0.2) is 0 Å². The molecule has 0 aliphatic carbocycles. The molecule has 0 spiro atoms. The average Bonchev–Trinajstić information content (AvgIpc) is 2.46. The Balaban J connectivity index is 2.47. The highest BCUT2D eigenvalue weighted by molar-refractivity contribution is 9.10. The molecule has 20 heavy (non-hydrogen) atoms. The van der Waals surface area contributed by atoms with Gasteiger partial charge < -0.3 is 9.31 Å². The molecule has 2 rings (SSSR count). The van der Waals surface area contributed by atoms with Crippen LogP contribution in [0.3, 0.4) is 0 Å². The third kappa shape index (κ3) is 2.91. The van der Waals surface area contributed by atoms with E-state index in [4.69, 9.17) is 9.31 Å². The molecule has 0 radical (unpaired) electrons. The quantitative estimate of drug-likeness (QED) is 0.758. The summed E-state index contributed by atoms with van der Waals surface area (Å²) in [5.74, 6) is 0. The second-order valence-corrected chi connectivity index (χ2v) is 13.5. The van der Waals surface area contributed by atoms with Gasteiger partial charge in [0.05, 0.1) is 19.3 Å². The summed E-state index contributed by atoms with van der Waals surface area (Å²) < 4.78 is 13.5. The van der Waals surface area contributed by atoms with E-state index in [-0.39, 0.29) is 18.3 Å². The third-order valence-electron chi connectivity index (χ3n) is 4.33. The minimum absolute atomic E-state index is 0.278. The summed E-state index contributed by atoms with van der Waals surface area (Å²) in [6.07, 6.45) is 0. The molecule has 0 bridgehead atoms. The van der Waals surface area contributed by atoms with Crippen molar-refractivity contribution in [3.63, 3.8) is 0 Å². The normalized spacial score (nSPS) is 21.3. The van der Waals surface area contributed by atoms with Crippen LogP contribution in [-0.2, 0) is 9.31 Å². The van der Waals surface area contributed by atoms with E-state index in [1.54, 1.807) is 0 Å². The molecule has 0 atom stereocenters. The van der Waals surface area contributed by atoms with Crippen molar-refractivity contribution in [2.24, 2.45) is 0 Å². The molecule has 0 saturated carbocycles. The molecular weight excluding hydrogens is 331 g/mol. The molecule has 1 saturated heterocycles. The highest BCUT2D eigenvalue weighted by atomic mass is 79.9. The number of hydrogen-bond acceptors (Lipinski definition) is 2. The average molecular weight is 355 g/mol. The van der Waals surface area contributed by atoms with Crippen LogP contribution in [0.1, 0.15) is 27.7 Å². The van der Waals surface area contributed by atoms with Gasteiger partial charge in [-0.25, -0.2) is 0 Å². The minimum atomic E-state index is -1.44. The Bertz CT molecular complexity index is 507. The fourth-order valence-corrected chi connectivity index (χ4v) is 4.40. The summed E-state index contributed by atoms with van der Waals surface area (Å²) in [5.41, 5.74) is 0.588. The number of benzene rings is 1. The number of hydrogen-bond donors (Lipinski definition) is 0. The molecule has 0 amide bonds. The lowest BCUT2D eigenvalue weighted by molar-refractivity contribution is 0.00578. The van der Waals surface area contributed by atoms with Crippen LogP contribution >= 0.6 is 15.9 Å². The van der Waals surface area contributed by atoms with E-state index in [1.807, 2.05) is 0 Å². The molecule has 0 N–H and O–H groups in total. The zero-order chi connectivity index (χ0) is 15.3. The van der Waals surface area contributed by atoms with Gasteiger partial charge in [-0.3, -0.25) is 0 Å². The van der Waals surface area contributed by atoms with Gasteiger partial charge >= 0.3 is 7.12 Å². The van der Waals surface area contributed by atoms with E-state index in [9.17, 15) is 0 Å². The first-order chi connectivity index (χ1) is 8.94. The van der Waals surface area contributed by atoms with E-state index < -0.39 is 8.07 Å². The summed E-state index contributed by atoms with van der Waals surface area (Å²) >= 11 is 3.57.